The first-order valence-electron chi connectivity index (χ1n) is 7.72. The zero-order chi connectivity index (χ0) is 14.9. The molecule has 5 heteroatoms. The Kier molecular flexibility index (Phi) is 4.08. The lowest BCUT2D eigenvalue weighted by Crippen LogP contribution is -2.39. The van der Waals surface area contributed by atoms with Crippen LogP contribution in [0.2, 0.25) is 0 Å². The number of rotatable bonds is 4. The van der Waals surface area contributed by atoms with Gasteiger partial charge in [-0.1, -0.05) is 31.0 Å². The molecule has 0 spiro atoms. The highest BCUT2D eigenvalue weighted by molar-refractivity contribution is 7.91. The Hall–Kier alpha value is -0.910. The van der Waals surface area contributed by atoms with Crippen LogP contribution in [0.3, 0.4) is 0 Å². The summed E-state index contributed by atoms with van der Waals surface area (Å²) in [5, 5.41) is 13.2. The molecule has 2 N–H and O–H groups in total. The van der Waals surface area contributed by atoms with Crippen molar-refractivity contribution in [3.63, 3.8) is 0 Å². The Morgan fingerprint density at radius 3 is 2.67 bits per heavy atom. The molecule has 0 aromatic heterocycles. The van der Waals surface area contributed by atoms with E-state index in [0.29, 0.717) is 11.3 Å². The van der Waals surface area contributed by atoms with Crippen LogP contribution in [0.5, 0.6) is 0 Å². The van der Waals surface area contributed by atoms with Crippen molar-refractivity contribution in [2.45, 2.75) is 43.0 Å². The van der Waals surface area contributed by atoms with E-state index < -0.39 is 9.84 Å². The van der Waals surface area contributed by atoms with Gasteiger partial charge in [-0.15, -0.1) is 0 Å². The molecule has 3 rings (SSSR count). The molecule has 0 bridgehead atoms. The maximum atomic E-state index is 12.1. The van der Waals surface area contributed by atoms with Crippen molar-refractivity contribution in [2.24, 2.45) is 5.41 Å². The fraction of sp³-hybridized carbons (Fsp3) is 0.625. The Morgan fingerprint density at radius 2 is 1.95 bits per heavy atom. The van der Waals surface area contributed by atoms with Crippen molar-refractivity contribution < 1.29 is 13.5 Å². The van der Waals surface area contributed by atoms with Gasteiger partial charge in [-0.25, -0.2) is 8.42 Å². The SMILES string of the molecule is O=S1(=O)CCC(NCC2(CO)CCCC2)c2ccccc21. The average molecular weight is 309 g/mol. The van der Waals surface area contributed by atoms with Gasteiger partial charge in [0.2, 0.25) is 0 Å². The van der Waals surface area contributed by atoms with Gasteiger partial charge in [0, 0.05) is 24.6 Å². The van der Waals surface area contributed by atoms with Gasteiger partial charge < -0.3 is 10.4 Å². The van der Waals surface area contributed by atoms with Gasteiger partial charge in [-0.2, -0.15) is 0 Å². The van der Waals surface area contributed by atoms with Crippen LogP contribution in [0.4, 0.5) is 0 Å². The summed E-state index contributed by atoms with van der Waals surface area (Å²) in [6.45, 7) is 0.981. The molecule has 1 aliphatic carbocycles. The van der Waals surface area contributed by atoms with Crippen LogP contribution >= 0.6 is 0 Å². The predicted molar refractivity (Wildman–Crippen MR) is 81.8 cm³/mol. The largest absolute Gasteiger partial charge is 0.396 e. The summed E-state index contributed by atoms with van der Waals surface area (Å²) < 4.78 is 24.3. The molecule has 1 aromatic carbocycles. The minimum atomic E-state index is -3.12. The van der Waals surface area contributed by atoms with E-state index >= 15 is 0 Å². The van der Waals surface area contributed by atoms with Gasteiger partial charge >= 0.3 is 0 Å². The van der Waals surface area contributed by atoms with Crippen molar-refractivity contribution in [2.75, 3.05) is 18.9 Å². The van der Waals surface area contributed by atoms with E-state index in [1.54, 1.807) is 12.1 Å². The molecule has 2 aliphatic rings. The summed E-state index contributed by atoms with van der Waals surface area (Å²) in [6.07, 6.45) is 5.09. The van der Waals surface area contributed by atoms with Gasteiger partial charge in [0.05, 0.1) is 10.6 Å². The maximum absolute atomic E-state index is 12.1. The molecule has 1 aromatic rings. The second kappa shape index (κ2) is 5.71. The van der Waals surface area contributed by atoms with E-state index in [9.17, 15) is 13.5 Å². The highest BCUT2D eigenvalue weighted by Crippen LogP contribution is 2.38. The third kappa shape index (κ3) is 2.87. The number of fused-ring (bicyclic) bond motifs is 1. The third-order valence-electron chi connectivity index (χ3n) is 5.03. The zero-order valence-corrected chi connectivity index (χ0v) is 13.0. The van der Waals surface area contributed by atoms with E-state index in [1.807, 2.05) is 12.1 Å². The summed E-state index contributed by atoms with van der Waals surface area (Å²) in [6, 6.07) is 7.37. The van der Waals surface area contributed by atoms with Gasteiger partial charge in [-0.3, -0.25) is 0 Å². The third-order valence-corrected chi connectivity index (χ3v) is 6.84. The highest BCUT2D eigenvalue weighted by Gasteiger charge is 2.35. The minimum absolute atomic E-state index is 0.00866. The van der Waals surface area contributed by atoms with Crippen molar-refractivity contribution in [3.05, 3.63) is 29.8 Å². The molecule has 116 valence electrons. The number of nitrogens with one attached hydrogen (secondary N) is 1. The lowest BCUT2D eigenvalue weighted by atomic mass is 9.86. The van der Waals surface area contributed by atoms with E-state index in [0.717, 1.165) is 24.9 Å². The smallest absolute Gasteiger partial charge is 0.178 e. The van der Waals surface area contributed by atoms with Gasteiger partial charge in [0.1, 0.15) is 0 Å². The summed E-state index contributed by atoms with van der Waals surface area (Å²) in [5.41, 5.74) is 0.875. The fourth-order valence-corrected chi connectivity index (χ4v) is 5.28. The van der Waals surface area contributed by atoms with E-state index in [2.05, 4.69) is 5.32 Å². The summed E-state index contributed by atoms with van der Waals surface area (Å²) in [4.78, 5) is 0.471. The topological polar surface area (TPSA) is 66.4 Å². The normalized spacial score (nSPS) is 26.4. The second-order valence-corrected chi connectivity index (χ2v) is 8.52. The summed E-state index contributed by atoms with van der Waals surface area (Å²) in [5.74, 6) is 0.202. The van der Waals surface area contributed by atoms with Gasteiger partial charge in [0.25, 0.3) is 0 Å². The van der Waals surface area contributed by atoms with Crippen LogP contribution in [0.25, 0.3) is 0 Å². The molecule has 1 saturated carbocycles. The Bertz CT molecular complexity index is 606. The zero-order valence-electron chi connectivity index (χ0n) is 12.2. The van der Waals surface area contributed by atoms with Crippen LogP contribution in [-0.4, -0.2) is 32.4 Å². The summed E-state index contributed by atoms with van der Waals surface area (Å²) >= 11 is 0. The standard InChI is InChI=1S/C16H23NO3S/c18-12-16(8-3-4-9-16)11-17-14-7-10-21(19,20)15-6-2-1-5-13(14)15/h1-2,5-6,14,17-18H,3-4,7-12H2. The van der Waals surface area contributed by atoms with Gasteiger partial charge in [0.15, 0.2) is 9.84 Å². The number of aliphatic hydroxyl groups excluding tert-OH is 1. The number of aliphatic hydroxyl groups is 1. The molecule has 1 unspecified atom stereocenters. The Balaban J connectivity index is 1.78. The Labute approximate surface area is 126 Å². The molecule has 21 heavy (non-hydrogen) atoms. The molecule has 1 aliphatic heterocycles. The summed E-state index contributed by atoms with van der Waals surface area (Å²) in [7, 11) is -3.12. The first kappa shape index (κ1) is 15.0. The first-order valence-corrected chi connectivity index (χ1v) is 9.38. The molecule has 0 saturated heterocycles. The molecule has 0 amide bonds. The molecule has 1 atom stereocenters. The number of benzene rings is 1. The van der Waals surface area contributed by atoms with Crippen LogP contribution in [-0.2, 0) is 9.84 Å². The number of sulfone groups is 1. The highest BCUT2D eigenvalue weighted by atomic mass is 32.2. The first-order chi connectivity index (χ1) is 10.1. The second-order valence-electron chi connectivity index (χ2n) is 6.44. The lowest BCUT2D eigenvalue weighted by Gasteiger charge is -2.32. The molecular weight excluding hydrogens is 286 g/mol. The van der Waals surface area contributed by atoms with E-state index in [-0.39, 0.29) is 23.8 Å². The molecule has 0 radical (unpaired) electrons. The van der Waals surface area contributed by atoms with Crippen molar-refractivity contribution in [1.29, 1.82) is 0 Å². The molecule has 1 fully saturated rings. The Morgan fingerprint density at radius 1 is 1.24 bits per heavy atom. The lowest BCUT2D eigenvalue weighted by molar-refractivity contribution is 0.124. The van der Waals surface area contributed by atoms with Crippen molar-refractivity contribution in [1.82, 2.24) is 5.32 Å². The molecule has 1 heterocycles. The molecular formula is C16H23NO3S. The number of hydrogen-bond donors (Lipinski definition) is 2. The fourth-order valence-electron chi connectivity index (χ4n) is 3.66. The monoisotopic (exact) mass is 309 g/mol. The van der Waals surface area contributed by atoms with E-state index in [4.69, 9.17) is 0 Å². The van der Waals surface area contributed by atoms with Crippen LogP contribution < -0.4 is 5.32 Å². The molecule has 4 nitrogen and oxygen atoms in total. The average Bonchev–Trinajstić information content (AvgIpc) is 2.96. The predicted octanol–water partition coefficient (Wildman–Crippen LogP) is 2.05. The van der Waals surface area contributed by atoms with E-state index in [1.165, 1.54) is 12.8 Å². The van der Waals surface area contributed by atoms with Gasteiger partial charge in [-0.05, 0) is 30.9 Å². The van der Waals surface area contributed by atoms with Crippen LogP contribution in [0.15, 0.2) is 29.2 Å². The minimum Gasteiger partial charge on any atom is -0.396 e. The van der Waals surface area contributed by atoms with Crippen LogP contribution in [0.1, 0.15) is 43.7 Å². The quantitative estimate of drug-likeness (QED) is 0.893. The maximum Gasteiger partial charge on any atom is 0.178 e. The van der Waals surface area contributed by atoms with Crippen molar-refractivity contribution >= 4 is 9.84 Å². The van der Waals surface area contributed by atoms with Crippen LogP contribution in [0, 0.1) is 5.41 Å². The number of hydrogen-bond acceptors (Lipinski definition) is 4. The van der Waals surface area contributed by atoms with Crippen molar-refractivity contribution in [3.8, 4) is 0 Å².